The van der Waals surface area contributed by atoms with Crippen LogP contribution in [-0.2, 0) is 7.05 Å². The van der Waals surface area contributed by atoms with E-state index in [1.807, 2.05) is 0 Å². The maximum absolute atomic E-state index is 10.1. The molecule has 1 aromatic heterocycles. The number of hydrogen-bond acceptors (Lipinski definition) is 2. The first kappa shape index (κ1) is 4.18. The van der Waals surface area contributed by atoms with Gasteiger partial charge in [0.05, 0.1) is 0 Å². The molecule has 3 nitrogen and oxygen atoms in total. The van der Waals surface area contributed by atoms with Crippen LogP contribution in [-0.4, -0.2) is 4.74 Å². The molecule has 0 aliphatic carbocycles. The average Bonchev–Trinajstić information content (AvgIpc) is 1.87. The lowest BCUT2D eigenvalue weighted by atomic mass is 10.7. The molecule has 0 spiro atoms. The van der Waals surface area contributed by atoms with Gasteiger partial charge in [0.25, 0.3) is 0 Å². The van der Waals surface area contributed by atoms with Gasteiger partial charge < -0.3 is 4.52 Å². The van der Waals surface area contributed by atoms with Gasteiger partial charge in [0.15, 0.2) is 0 Å². The Morgan fingerprint density at radius 3 is 2.71 bits per heavy atom. The molecule has 0 aliphatic heterocycles. The summed E-state index contributed by atoms with van der Waals surface area (Å²) in [4.78, 5) is 10.1. The van der Waals surface area contributed by atoms with E-state index in [1.165, 1.54) is 10.8 Å². The quantitative estimate of drug-likeness (QED) is 0.458. The summed E-state index contributed by atoms with van der Waals surface area (Å²) in [5.41, 5.74) is -0.303. The van der Waals surface area contributed by atoms with Crippen LogP contribution in [0.1, 0.15) is 0 Å². The smallest absolute Gasteiger partial charge is 0.337 e. The van der Waals surface area contributed by atoms with Crippen molar-refractivity contribution in [1.29, 1.82) is 0 Å². The molecule has 0 N–H and O–H groups in total. The minimum absolute atomic E-state index is 0.303. The van der Waals surface area contributed by atoms with Crippen LogP contribution < -0.4 is 5.63 Å². The fourth-order valence-corrected chi connectivity index (χ4v) is 0.369. The Hall–Kier alpha value is -0.990. The summed E-state index contributed by atoms with van der Waals surface area (Å²) in [6.45, 7) is 0. The topological polar surface area (TPSA) is 35.1 Å². The maximum atomic E-state index is 10.1. The third kappa shape index (κ3) is 0.707. The molecule has 1 aromatic rings. The number of aromatic nitrogens is 1. The van der Waals surface area contributed by atoms with Crippen LogP contribution in [0.15, 0.2) is 21.6 Å². The summed E-state index contributed by atoms with van der Waals surface area (Å²) in [5, 5.41) is 0. The van der Waals surface area contributed by atoms with Gasteiger partial charge in [-0.3, -0.25) is 0 Å². The SMILES string of the molecule is Cn1ccc(=O)o1. The van der Waals surface area contributed by atoms with E-state index in [0.717, 1.165) is 0 Å². The first-order chi connectivity index (χ1) is 3.29. The molecule has 0 saturated carbocycles. The highest BCUT2D eigenvalue weighted by Gasteiger charge is 1.82. The number of aryl methyl sites for hydroxylation is 1. The Balaban J connectivity index is 3.30. The molecule has 1 heterocycles. The van der Waals surface area contributed by atoms with Crippen LogP contribution in [0, 0.1) is 0 Å². The molecule has 38 valence electrons. The van der Waals surface area contributed by atoms with E-state index in [0.29, 0.717) is 0 Å². The van der Waals surface area contributed by atoms with E-state index in [-0.39, 0.29) is 5.63 Å². The van der Waals surface area contributed by atoms with Crippen molar-refractivity contribution >= 4 is 0 Å². The van der Waals surface area contributed by atoms with E-state index in [4.69, 9.17) is 0 Å². The number of hydrogen-bond donors (Lipinski definition) is 0. The van der Waals surface area contributed by atoms with Gasteiger partial charge >= 0.3 is 5.63 Å². The van der Waals surface area contributed by atoms with Crippen molar-refractivity contribution in [3.8, 4) is 0 Å². The van der Waals surface area contributed by atoms with Gasteiger partial charge in [-0.2, -0.15) is 0 Å². The van der Waals surface area contributed by atoms with Crippen molar-refractivity contribution in [2.24, 2.45) is 7.05 Å². The zero-order valence-electron chi connectivity index (χ0n) is 3.92. The first-order valence-corrected chi connectivity index (χ1v) is 1.92. The minimum Gasteiger partial charge on any atom is -0.337 e. The molecular formula is C4H5NO2. The standard InChI is InChI=1S/C4H5NO2/c1-5-3-2-4(6)7-5/h2-3H,1H3. The van der Waals surface area contributed by atoms with Gasteiger partial charge in [-0.05, 0) is 0 Å². The molecule has 0 saturated heterocycles. The minimum atomic E-state index is -0.303. The molecule has 0 atom stereocenters. The van der Waals surface area contributed by atoms with Crippen LogP contribution in [0.5, 0.6) is 0 Å². The van der Waals surface area contributed by atoms with Crippen molar-refractivity contribution in [2.75, 3.05) is 0 Å². The summed E-state index contributed by atoms with van der Waals surface area (Å²) in [6.07, 6.45) is 1.56. The maximum Gasteiger partial charge on any atom is 0.357 e. The third-order valence-electron chi connectivity index (χ3n) is 0.655. The molecule has 0 bridgehead atoms. The van der Waals surface area contributed by atoms with Crippen molar-refractivity contribution in [2.45, 2.75) is 0 Å². The van der Waals surface area contributed by atoms with E-state index in [1.54, 1.807) is 13.2 Å². The van der Waals surface area contributed by atoms with Gasteiger partial charge in [-0.1, -0.05) is 0 Å². The molecule has 1 rings (SSSR count). The molecule has 3 heteroatoms. The lowest BCUT2D eigenvalue weighted by Gasteiger charge is -1.77. The van der Waals surface area contributed by atoms with Gasteiger partial charge in [0.2, 0.25) is 0 Å². The molecular weight excluding hydrogens is 94.0 g/mol. The Kier molecular flexibility index (Phi) is 0.749. The van der Waals surface area contributed by atoms with Crippen molar-refractivity contribution in [1.82, 2.24) is 4.74 Å². The second kappa shape index (κ2) is 1.26. The van der Waals surface area contributed by atoms with Crippen molar-refractivity contribution < 1.29 is 4.52 Å². The lowest BCUT2D eigenvalue weighted by molar-refractivity contribution is 0.285. The molecule has 0 aliphatic rings. The van der Waals surface area contributed by atoms with E-state index < -0.39 is 0 Å². The van der Waals surface area contributed by atoms with Crippen LogP contribution in [0.3, 0.4) is 0 Å². The first-order valence-electron chi connectivity index (χ1n) is 1.92. The lowest BCUT2D eigenvalue weighted by Crippen LogP contribution is -1.88. The zero-order valence-corrected chi connectivity index (χ0v) is 3.92. The van der Waals surface area contributed by atoms with E-state index >= 15 is 0 Å². The number of nitrogens with zero attached hydrogens (tertiary/aromatic N) is 1. The second-order valence-corrected chi connectivity index (χ2v) is 1.27. The molecule has 0 unspecified atom stereocenters. The Labute approximate surface area is 40.1 Å². The molecule has 0 fully saturated rings. The highest BCUT2D eigenvalue weighted by Crippen LogP contribution is 1.71. The fourth-order valence-electron chi connectivity index (χ4n) is 0.369. The monoisotopic (exact) mass is 99.0 g/mol. The molecule has 7 heavy (non-hydrogen) atoms. The van der Waals surface area contributed by atoms with Gasteiger partial charge in [0.1, 0.15) is 0 Å². The Morgan fingerprint density at radius 1 is 1.86 bits per heavy atom. The van der Waals surface area contributed by atoms with E-state index in [9.17, 15) is 4.79 Å². The number of rotatable bonds is 0. The average molecular weight is 99.1 g/mol. The summed E-state index contributed by atoms with van der Waals surface area (Å²) in [5.74, 6) is 0. The predicted molar refractivity (Wildman–Crippen MR) is 23.9 cm³/mol. The van der Waals surface area contributed by atoms with Crippen LogP contribution in [0.25, 0.3) is 0 Å². The van der Waals surface area contributed by atoms with E-state index in [2.05, 4.69) is 4.52 Å². The van der Waals surface area contributed by atoms with Crippen LogP contribution in [0.2, 0.25) is 0 Å². The highest BCUT2D eigenvalue weighted by atomic mass is 16.5. The summed E-state index contributed by atoms with van der Waals surface area (Å²) < 4.78 is 5.79. The van der Waals surface area contributed by atoms with Gasteiger partial charge in [0, 0.05) is 19.3 Å². The van der Waals surface area contributed by atoms with Gasteiger partial charge in [-0.25, -0.2) is 9.53 Å². The summed E-state index contributed by atoms with van der Waals surface area (Å²) in [6, 6.07) is 1.36. The summed E-state index contributed by atoms with van der Waals surface area (Å²) in [7, 11) is 1.65. The Bertz CT molecular complexity index is 197. The van der Waals surface area contributed by atoms with Crippen molar-refractivity contribution in [3.63, 3.8) is 0 Å². The highest BCUT2D eigenvalue weighted by molar-refractivity contribution is 4.73. The molecule has 0 aromatic carbocycles. The fraction of sp³-hybridized carbons (Fsp3) is 0.250. The molecule has 0 radical (unpaired) electrons. The summed E-state index contributed by atoms with van der Waals surface area (Å²) >= 11 is 0. The predicted octanol–water partition coefficient (Wildman–Crippen LogP) is -0.0217. The zero-order chi connectivity index (χ0) is 5.28. The van der Waals surface area contributed by atoms with Gasteiger partial charge in [-0.15, -0.1) is 0 Å². The normalized spacial score (nSPS) is 9.29. The largest absolute Gasteiger partial charge is 0.357 e. The third-order valence-corrected chi connectivity index (χ3v) is 0.655. The van der Waals surface area contributed by atoms with Crippen LogP contribution in [0.4, 0.5) is 0 Å². The second-order valence-electron chi connectivity index (χ2n) is 1.27. The van der Waals surface area contributed by atoms with Crippen molar-refractivity contribution in [3.05, 3.63) is 22.7 Å². The molecule has 0 amide bonds. The Morgan fingerprint density at radius 2 is 2.57 bits per heavy atom. The van der Waals surface area contributed by atoms with Crippen LogP contribution >= 0.6 is 0 Å².